The third kappa shape index (κ3) is 8.32. The second-order valence-electron chi connectivity index (χ2n) is 5.44. The van der Waals surface area contributed by atoms with E-state index in [1.54, 1.807) is 0 Å². The van der Waals surface area contributed by atoms with E-state index in [0.717, 1.165) is 6.20 Å². The summed E-state index contributed by atoms with van der Waals surface area (Å²) in [5.74, 6) is -0.0965. The summed E-state index contributed by atoms with van der Waals surface area (Å²) < 4.78 is 51.9. The molecule has 1 aromatic heterocycles. The van der Waals surface area contributed by atoms with Crippen molar-refractivity contribution in [3.05, 3.63) is 22.7 Å². The number of anilines is 1. The molecule has 2 rings (SSSR count). The second-order valence-corrected chi connectivity index (χ2v) is 9.06. The van der Waals surface area contributed by atoms with Gasteiger partial charge in [-0.05, 0) is 6.07 Å². The van der Waals surface area contributed by atoms with Gasteiger partial charge in [-0.15, -0.1) is 0 Å². The normalized spacial score (nSPS) is 25.9. The lowest BCUT2D eigenvalue weighted by molar-refractivity contribution is -0.0149. The standard InChI is InChI=1S/C9H16N3O14P3/c13-9-10-2-1-5(12-9)11-8-7(26-29(20,21)22)6(25-28(17,18)19)4(24-8)3-23-27(14,15)16/h1-2,4,6-8H,3H2,(H2,14,15,16)(H2,17,18,19)(H2,20,21,22)(H2,10,11,12,13)/t4-,6-,7+,8?/m1/s1. The van der Waals surface area contributed by atoms with Crippen LogP contribution in [0.3, 0.4) is 0 Å². The Hall–Kier alpha value is -1.03. The molecule has 0 bridgehead atoms. The highest BCUT2D eigenvalue weighted by atomic mass is 31.2. The highest BCUT2D eigenvalue weighted by Gasteiger charge is 2.52. The molecule has 0 saturated carbocycles. The lowest BCUT2D eigenvalue weighted by atomic mass is 10.1. The number of hydrogen-bond acceptors (Lipinski definition) is 10. The molecule has 2 heterocycles. The lowest BCUT2D eigenvalue weighted by Crippen LogP contribution is -2.40. The molecule has 1 unspecified atom stereocenters. The number of phosphoric acid groups is 3. The molecule has 0 radical (unpaired) electrons. The Kier molecular flexibility index (Phi) is 7.52. The smallest absolute Gasteiger partial charge is 0.347 e. The van der Waals surface area contributed by atoms with Crippen LogP contribution in [0.4, 0.5) is 5.82 Å². The first kappa shape index (κ1) is 24.2. The number of rotatable bonds is 9. The maximum absolute atomic E-state index is 11.3. The van der Waals surface area contributed by atoms with E-state index in [-0.39, 0.29) is 5.82 Å². The molecular formula is C9H16N3O14P3. The van der Waals surface area contributed by atoms with Crippen LogP contribution in [0.2, 0.25) is 0 Å². The van der Waals surface area contributed by atoms with Crippen LogP contribution in [0.15, 0.2) is 17.1 Å². The van der Waals surface area contributed by atoms with Crippen LogP contribution in [0, 0.1) is 0 Å². The van der Waals surface area contributed by atoms with Crippen LogP contribution in [-0.4, -0.2) is 70.5 Å². The quantitative estimate of drug-likeness (QED) is 0.176. The Morgan fingerprint density at radius 2 is 1.62 bits per heavy atom. The van der Waals surface area contributed by atoms with E-state index in [9.17, 15) is 18.5 Å². The summed E-state index contributed by atoms with van der Waals surface area (Å²) >= 11 is 0. The average Bonchev–Trinajstić information content (AvgIpc) is 2.79. The Bertz CT molecular complexity index is 905. The molecule has 0 aromatic carbocycles. The van der Waals surface area contributed by atoms with Gasteiger partial charge in [-0.1, -0.05) is 0 Å². The van der Waals surface area contributed by atoms with Crippen LogP contribution in [0.1, 0.15) is 0 Å². The van der Waals surface area contributed by atoms with Gasteiger partial charge < -0.3 is 39.4 Å². The van der Waals surface area contributed by atoms with Gasteiger partial charge in [0.15, 0.2) is 6.23 Å². The number of aromatic amines is 1. The minimum atomic E-state index is -5.29. The summed E-state index contributed by atoms with van der Waals surface area (Å²) in [7, 11) is -15.6. The Morgan fingerprint density at radius 1 is 1.03 bits per heavy atom. The minimum Gasteiger partial charge on any atom is -0.347 e. The van der Waals surface area contributed by atoms with E-state index < -0.39 is 60.3 Å². The fourth-order valence-electron chi connectivity index (χ4n) is 2.31. The summed E-state index contributed by atoms with van der Waals surface area (Å²) in [5.41, 5.74) is -0.815. The molecule has 1 aliphatic rings. The maximum Gasteiger partial charge on any atom is 0.470 e. The lowest BCUT2D eigenvalue weighted by Gasteiger charge is -2.25. The predicted molar refractivity (Wildman–Crippen MR) is 89.0 cm³/mol. The number of aromatic nitrogens is 2. The van der Waals surface area contributed by atoms with Crippen LogP contribution >= 0.6 is 23.5 Å². The van der Waals surface area contributed by atoms with Crippen molar-refractivity contribution in [2.24, 2.45) is 0 Å². The summed E-state index contributed by atoms with van der Waals surface area (Å²) in [5, 5.41) is 2.43. The zero-order valence-electron chi connectivity index (χ0n) is 13.9. The number of nitrogens with one attached hydrogen (secondary N) is 2. The highest BCUT2D eigenvalue weighted by Crippen LogP contribution is 2.48. The third-order valence-electron chi connectivity index (χ3n) is 3.21. The molecule has 166 valence electrons. The molecule has 8 N–H and O–H groups in total. The topological polar surface area (TPSA) is 267 Å². The molecule has 1 aliphatic heterocycles. The second kappa shape index (κ2) is 8.99. The van der Waals surface area contributed by atoms with Crippen molar-refractivity contribution in [2.45, 2.75) is 24.5 Å². The van der Waals surface area contributed by atoms with Crippen molar-refractivity contribution in [3.63, 3.8) is 0 Å². The molecule has 20 heteroatoms. The molecule has 4 atom stereocenters. The van der Waals surface area contributed by atoms with Crippen LogP contribution in [0.5, 0.6) is 0 Å². The zero-order chi connectivity index (χ0) is 22.0. The average molecular weight is 483 g/mol. The molecular weight excluding hydrogens is 467 g/mol. The fourth-order valence-corrected chi connectivity index (χ4v) is 3.78. The van der Waals surface area contributed by atoms with Gasteiger partial charge in [0, 0.05) is 6.20 Å². The number of hydrogen-bond donors (Lipinski definition) is 8. The van der Waals surface area contributed by atoms with Crippen LogP contribution in [-0.2, 0) is 32.0 Å². The molecule has 1 aromatic rings. The Morgan fingerprint density at radius 3 is 2.14 bits per heavy atom. The Labute approximate surface area is 160 Å². The predicted octanol–water partition coefficient (Wildman–Crippen LogP) is -2.03. The number of H-pyrrole nitrogens is 1. The molecule has 0 spiro atoms. The van der Waals surface area contributed by atoms with Crippen LogP contribution < -0.4 is 11.0 Å². The molecule has 17 nitrogen and oxygen atoms in total. The van der Waals surface area contributed by atoms with Gasteiger partial charge in [0.05, 0.1) is 6.61 Å². The summed E-state index contributed by atoms with van der Waals surface area (Å²) in [4.78, 5) is 70.7. The van der Waals surface area contributed by atoms with E-state index in [4.69, 9.17) is 34.1 Å². The van der Waals surface area contributed by atoms with E-state index in [2.05, 4.69) is 28.9 Å². The first-order valence-corrected chi connectivity index (χ1v) is 11.9. The van der Waals surface area contributed by atoms with E-state index in [1.165, 1.54) is 6.07 Å². The molecule has 0 aliphatic carbocycles. The van der Waals surface area contributed by atoms with Crippen molar-refractivity contribution in [2.75, 3.05) is 11.9 Å². The van der Waals surface area contributed by atoms with Crippen LogP contribution in [0.25, 0.3) is 0 Å². The SMILES string of the molecule is O=c1nccc(NC2O[C@H](COP(=O)(O)O)[C@@H](OP(=O)(O)O)[C@@H]2OP(=O)(O)O)[nH]1. The maximum atomic E-state index is 11.3. The number of ether oxygens (including phenoxy) is 1. The molecule has 1 fully saturated rings. The van der Waals surface area contributed by atoms with Gasteiger partial charge in [-0.2, -0.15) is 0 Å². The van der Waals surface area contributed by atoms with Crippen molar-refractivity contribution in [1.29, 1.82) is 0 Å². The third-order valence-corrected chi connectivity index (χ3v) is 4.73. The van der Waals surface area contributed by atoms with Crippen molar-refractivity contribution in [3.8, 4) is 0 Å². The van der Waals surface area contributed by atoms with Gasteiger partial charge in [-0.3, -0.25) is 18.6 Å². The van der Waals surface area contributed by atoms with Crippen molar-refractivity contribution in [1.82, 2.24) is 9.97 Å². The van der Waals surface area contributed by atoms with Gasteiger partial charge in [0.25, 0.3) is 0 Å². The summed E-state index contributed by atoms with van der Waals surface area (Å²) in [6, 6.07) is 1.21. The van der Waals surface area contributed by atoms with Gasteiger partial charge in [-0.25, -0.2) is 23.5 Å². The van der Waals surface area contributed by atoms with E-state index in [0.29, 0.717) is 0 Å². The van der Waals surface area contributed by atoms with E-state index >= 15 is 0 Å². The molecule has 1 saturated heterocycles. The first-order valence-electron chi connectivity index (χ1n) is 7.28. The van der Waals surface area contributed by atoms with Gasteiger partial charge >= 0.3 is 29.2 Å². The largest absolute Gasteiger partial charge is 0.470 e. The zero-order valence-corrected chi connectivity index (χ0v) is 16.6. The fraction of sp³-hybridized carbons (Fsp3) is 0.556. The first-order chi connectivity index (χ1) is 13.1. The van der Waals surface area contributed by atoms with Gasteiger partial charge in [0.2, 0.25) is 0 Å². The Balaban J connectivity index is 2.35. The minimum absolute atomic E-state index is 0.0965. The summed E-state index contributed by atoms with van der Waals surface area (Å²) in [6.07, 6.45) is -6.11. The molecule has 29 heavy (non-hydrogen) atoms. The van der Waals surface area contributed by atoms with E-state index in [1.807, 2.05) is 0 Å². The number of nitrogens with zero attached hydrogens (tertiary/aromatic N) is 1. The van der Waals surface area contributed by atoms with Crippen molar-refractivity contribution >= 4 is 29.3 Å². The monoisotopic (exact) mass is 483 g/mol. The van der Waals surface area contributed by atoms with Crippen molar-refractivity contribution < 1.29 is 61.4 Å². The van der Waals surface area contributed by atoms with Gasteiger partial charge in [0.1, 0.15) is 24.1 Å². The highest BCUT2D eigenvalue weighted by molar-refractivity contribution is 7.46. The summed E-state index contributed by atoms with van der Waals surface area (Å²) in [6.45, 7) is -0.999. The number of phosphoric ester groups is 3. The molecule has 0 amide bonds.